The topological polar surface area (TPSA) is 118 Å². The summed E-state index contributed by atoms with van der Waals surface area (Å²) in [6.07, 6.45) is 1.87. The van der Waals surface area contributed by atoms with E-state index in [1.807, 2.05) is 41.5 Å². The van der Waals surface area contributed by atoms with Gasteiger partial charge in [-0.3, -0.25) is 9.59 Å². The second kappa shape index (κ2) is 10.6. The third-order valence-electron chi connectivity index (χ3n) is 4.27. The van der Waals surface area contributed by atoms with Crippen LogP contribution in [0.15, 0.2) is 6.07 Å². The number of nitrogens with zero attached hydrogens (tertiary/aromatic N) is 2. The Morgan fingerprint density at radius 3 is 1.82 bits per heavy atom. The first kappa shape index (κ1) is 23.4. The van der Waals surface area contributed by atoms with Gasteiger partial charge < -0.3 is 20.2 Å². The Balaban J connectivity index is 3.16. The predicted molar refractivity (Wildman–Crippen MR) is 105 cm³/mol. The lowest BCUT2D eigenvalue weighted by atomic mass is 9.99. The molecule has 0 aromatic carbocycles. The number of carbonyl (C=O) groups is 4. The molecule has 0 spiro atoms. The predicted octanol–water partition coefficient (Wildman–Crippen LogP) is 1.58. The van der Waals surface area contributed by atoms with Gasteiger partial charge in [-0.25, -0.2) is 0 Å². The van der Waals surface area contributed by atoms with Crippen molar-refractivity contribution < 1.29 is 19.2 Å². The summed E-state index contributed by atoms with van der Waals surface area (Å²) >= 11 is 0. The fourth-order valence-corrected chi connectivity index (χ4v) is 2.49. The maximum Gasteiger partial charge on any atom is 0.272 e. The molecule has 0 unspecified atom stereocenters. The molecule has 8 heteroatoms. The van der Waals surface area contributed by atoms with Crippen LogP contribution in [0.4, 0.5) is 0 Å². The van der Waals surface area contributed by atoms with Crippen LogP contribution in [0, 0.1) is 17.8 Å². The van der Waals surface area contributed by atoms with Crippen molar-refractivity contribution in [2.45, 2.75) is 60.0 Å². The zero-order valence-electron chi connectivity index (χ0n) is 17.4. The average molecular weight is 390 g/mol. The summed E-state index contributed by atoms with van der Waals surface area (Å²) < 4.78 is 0. The van der Waals surface area contributed by atoms with Gasteiger partial charge >= 0.3 is 0 Å². The SMILES string of the molecule is CC(C)Cc1cc(C(=O)N[C@H](C=O)C(C)C)nnc1C(=O)N[C@H](C=O)C(C)C. The van der Waals surface area contributed by atoms with Gasteiger partial charge in [-0.1, -0.05) is 41.5 Å². The number of aromatic nitrogens is 2. The van der Waals surface area contributed by atoms with E-state index in [1.165, 1.54) is 6.07 Å². The molecule has 0 saturated heterocycles. The average Bonchev–Trinajstić information content (AvgIpc) is 2.62. The Hall–Kier alpha value is -2.64. The molecule has 0 radical (unpaired) electrons. The van der Waals surface area contributed by atoms with Gasteiger partial charge in [-0.05, 0) is 35.8 Å². The van der Waals surface area contributed by atoms with Crippen LogP contribution in [0.5, 0.6) is 0 Å². The van der Waals surface area contributed by atoms with Crippen LogP contribution in [0.1, 0.15) is 68.1 Å². The molecule has 0 aliphatic heterocycles. The van der Waals surface area contributed by atoms with Crippen molar-refractivity contribution in [3.8, 4) is 0 Å². The van der Waals surface area contributed by atoms with Crippen molar-refractivity contribution in [2.24, 2.45) is 17.8 Å². The zero-order valence-corrected chi connectivity index (χ0v) is 17.4. The molecule has 0 bridgehead atoms. The standard InChI is InChI=1S/C20H30N4O4/c1-11(2)7-14-8-15(19(27)21-16(9-25)12(3)4)23-24-18(14)20(28)22-17(10-26)13(5)6/h8-13,16-17H,7H2,1-6H3,(H,21,27)(H,22,28)/t16-,17-/m1/s1. The van der Waals surface area contributed by atoms with Gasteiger partial charge in [-0.15, -0.1) is 10.2 Å². The lowest BCUT2D eigenvalue weighted by Gasteiger charge is -2.18. The third-order valence-corrected chi connectivity index (χ3v) is 4.27. The first-order valence-electron chi connectivity index (χ1n) is 9.49. The van der Waals surface area contributed by atoms with E-state index < -0.39 is 23.9 Å². The molecule has 0 aliphatic rings. The highest BCUT2D eigenvalue weighted by molar-refractivity contribution is 5.97. The first-order chi connectivity index (χ1) is 13.1. The molecule has 1 aromatic heterocycles. The summed E-state index contributed by atoms with van der Waals surface area (Å²) in [5, 5.41) is 13.1. The van der Waals surface area contributed by atoms with Gasteiger partial charge in [0.05, 0.1) is 12.1 Å². The van der Waals surface area contributed by atoms with Gasteiger partial charge in [0, 0.05) is 0 Å². The molecule has 8 nitrogen and oxygen atoms in total. The van der Waals surface area contributed by atoms with Crippen molar-refractivity contribution >= 4 is 24.4 Å². The lowest BCUT2D eigenvalue weighted by molar-refractivity contribution is -0.110. The van der Waals surface area contributed by atoms with Crippen LogP contribution < -0.4 is 10.6 Å². The molecule has 0 saturated carbocycles. The molecule has 2 amide bonds. The molecule has 154 valence electrons. The lowest BCUT2D eigenvalue weighted by Crippen LogP contribution is -2.41. The number of aldehydes is 2. The van der Waals surface area contributed by atoms with Crippen molar-refractivity contribution in [3.63, 3.8) is 0 Å². The van der Waals surface area contributed by atoms with Crippen LogP contribution in [-0.2, 0) is 16.0 Å². The summed E-state index contributed by atoms with van der Waals surface area (Å²) in [7, 11) is 0. The van der Waals surface area contributed by atoms with Crippen molar-refractivity contribution in [1.82, 2.24) is 20.8 Å². The molecule has 1 heterocycles. The van der Waals surface area contributed by atoms with Gasteiger partial charge in [0.1, 0.15) is 12.6 Å². The van der Waals surface area contributed by atoms with Crippen molar-refractivity contribution in [1.29, 1.82) is 0 Å². The Labute approximate surface area is 165 Å². The maximum absolute atomic E-state index is 12.6. The molecule has 2 atom stereocenters. The number of hydrogen-bond acceptors (Lipinski definition) is 6. The van der Waals surface area contributed by atoms with Crippen LogP contribution in [0.3, 0.4) is 0 Å². The van der Waals surface area contributed by atoms with Gasteiger partial charge in [0.2, 0.25) is 0 Å². The molecule has 28 heavy (non-hydrogen) atoms. The number of carbonyl (C=O) groups excluding carboxylic acids is 4. The summed E-state index contributed by atoms with van der Waals surface area (Å²) in [5.74, 6) is -0.954. The highest BCUT2D eigenvalue weighted by atomic mass is 16.2. The zero-order chi connectivity index (χ0) is 21.4. The first-order valence-corrected chi connectivity index (χ1v) is 9.49. The highest BCUT2D eigenvalue weighted by Crippen LogP contribution is 2.14. The Morgan fingerprint density at radius 2 is 1.39 bits per heavy atom. The summed E-state index contributed by atoms with van der Waals surface area (Å²) in [4.78, 5) is 47.3. The third kappa shape index (κ3) is 6.51. The molecule has 1 aromatic rings. The van der Waals surface area contributed by atoms with E-state index in [2.05, 4.69) is 20.8 Å². The van der Waals surface area contributed by atoms with E-state index in [9.17, 15) is 19.2 Å². The van der Waals surface area contributed by atoms with Crippen LogP contribution >= 0.6 is 0 Å². The summed E-state index contributed by atoms with van der Waals surface area (Å²) in [5.41, 5.74) is 0.692. The van der Waals surface area contributed by atoms with Crippen LogP contribution in [0.25, 0.3) is 0 Å². The molecule has 0 fully saturated rings. The maximum atomic E-state index is 12.6. The Morgan fingerprint density at radius 1 is 0.893 bits per heavy atom. The second-order valence-corrected chi connectivity index (χ2v) is 7.96. The Kier molecular flexibility index (Phi) is 8.88. The fraction of sp³-hybridized carbons (Fsp3) is 0.600. The van der Waals surface area contributed by atoms with Crippen molar-refractivity contribution in [3.05, 3.63) is 23.0 Å². The summed E-state index contributed by atoms with van der Waals surface area (Å²) in [6, 6.07) is 0.249. The van der Waals surface area contributed by atoms with Gasteiger partial charge in [0.15, 0.2) is 11.4 Å². The van der Waals surface area contributed by atoms with Crippen molar-refractivity contribution in [2.75, 3.05) is 0 Å². The molecule has 1 rings (SSSR count). The molecule has 0 aliphatic carbocycles. The monoisotopic (exact) mass is 390 g/mol. The summed E-state index contributed by atoms with van der Waals surface area (Å²) in [6.45, 7) is 11.2. The Bertz CT molecular complexity index is 716. The van der Waals surface area contributed by atoms with E-state index in [0.29, 0.717) is 24.6 Å². The minimum Gasteiger partial charge on any atom is -0.341 e. The molecular formula is C20H30N4O4. The van der Waals surface area contributed by atoms with Crippen LogP contribution in [0.2, 0.25) is 0 Å². The largest absolute Gasteiger partial charge is 0.341 e. The minimum atomic E-state index is -0.636. The van der Waals surface area contributed by atoms with E-state index in [4.69, 9.17) is 0 Å². The van der Waals surface area contributed by atoms with E-state index in [0.717, 1.165) is 0 Å². The number of nitrogens with one attached hydrogen (secondary N) is 2. The van der Waals surface area contributed by atoms with E-state index >= 15 is 0 Å². The smallest absolute Gasteiger partial charge is 0.272 e. The minimum absolute atomic E-state index is 0.0375. The number of rotatable bonds is 10. The number of hydrogen-bond donors (Lipinski definition) is 2. The fourth-order valence-electron chi connectivity index (χ4n) is 2.49. The quantitative estimate of drug-likeness (QED) is 0.586. The molecular weight excluding hydrogens is 360 g/mol. The van der Waals surface area contributed by atoms with E-state index in [1.54, 1.807) is 0 Å². The van der Waals surface area contributed by atoms with E-state index in [-0.39, 0.29) is 29.1 Å². The van der Waals surface area contributed by atoms with Crippen LogP contribution in [-0.4, -0.2) is 46.7 Å². The van der Waals surface area contributed by atoms with Gasteiger partial charge in [-0.2, -0.15) is 0 Å². The molecule has 2 N–H and O–H groups in total. The highest BCUT2D eigenvalue weighted by Gasteiger charge is 2.23. The van der Waals surface area contributed by atoms with Gasteiger partial charge in [0.25, 0.3) is 11.8 Å². The second-order valence-electron chi connectivity index (χ2n) is 7.96. The normalized spacial score (nSPS) is 13.3. The number of amides is 2.